The predicted molar refractivity (Wildman–Crippen MR) is 63.7 cm³/mol. The van der Waals surface area contributed by atoms with Gasteiger partial charge < -0.3 is 10.0 Å². The number of aryl methyl sites for hydroxylation is 2. The van der Waals surface area contributed by atoms with Crippen LogP contribution >= 0.6 is 0 Å². The van der Waals surface area contributed by atoms with E-state index in [4.69, 9.17) is 5.11 Å². The van der Waals surface area contributed by atoms with E-state index in [1.54, 1.807) is 11.7 Å². The zero-order chi connectivity index (χ0) is 12.4. The Kier molecular flexibility index (Phi) is 3.47. The zero-order valence-electron chi connectivity index (χ0n) is 10.4. The summed E-state index contributed by atoms with van der Waals surface area (Å²) in [4.78, 5) is 14.1. The van der Waals surface area contributed by atoms with Crippen molar-refractivity contribution in [1.82, 2.24) is 14.7 Å². The molecule has 1 fully saturated rings. The number of piperidine rings is 1. The van der Waals surface area contributed by atoms with Gasteiger partial charge in [-0.15, -0.1) is 0 Å². The van der Waals surface area contributed by atoms with Crippen molar-refractivity contribution in [3.05, 3.63) is 17.5 Å². The minimum Gasteiger partial charge on any atom is -0.396 e. The van der Waals surface area contributed by atoms with E-state index in [1.165, 1.54) is 0 Å². The van der Waals surface area contributed by atoms with E-state index in [0.717, 1.165) is 25.1 Å². The predicted octanol–water partition coefficient (Wildman–Crippen LogP) is 0.573. The van der Waals surface area contributed by atoms with E-state index in [0.29, 0.717) is 12.2 Å². The number of amides is 1. The molecule has 1 unspecified atom stereocenters. The molecule has 1 N–H and O–H groups in total. The van der Waals surface area contributed by atoms with Crippen molar-refractivity contribution >= 4 is 5.91 Å². The summed E-state index contributed by atoms with van der Waals surface area (Å²) in [5.74, 6) is 0.244. The lowest BCUT2D eigenvalue weighted by Crippen LogP contribution is -2.41. The number of carbonyl (C=O) groups is 1. The summed E-state index contributed by atoms with van der Waals surface area (Å²) in [6.45, 7) is 3.47. The van der Waals surface area contributed by atoms with Gasteiger partial charge in [0.25, 0.3) is 5.91 Å². The fraction of sp³-hybridized carbons (Fsp3) is 0.667. The van der Waals surface area contributed by atoms with Crippen LogP contribution in [-0.4, -0.2) is 45.4 Å². The minimum atomic E-state index is 0.0197. The number of nitrogens with zero attached hydrogens (tertiary/aromatic N) is 3. The molecule has 0 aliphatic carbocycles. The van der Waals surface area contributed by atoms with E-state index in [9.17, 15) is 4.79 Å². The van der Waals surface area contributed by atoms with Crippen molar-refractivity contribution in [2.45, 2.75) is 19.8 Å². The van der Waals surface area contributed by atoms with E-state index >= 15 is 0 Å². The normalized spacial score (nSPS) is 20.6. The minimum absolute atomic E-state index is 0.0197. The molecular weight excluding hydrogens is 218 g/mol. The number of hydrogen-bond donors (Lipinski definition) is 1. The van der Waals surface area contributed by atoms with Crippen LogP contribution in [0.25, 0.3) is 0 Å². The molecule has 1 saturated heterocycles. The second kappa shape index (κ2) is 4.87. The zero-order valence-corrected chi connectivity index (χ0v) is 10.4. The van der Waals surface area contributed by atoms with Gasteiger partial charge in [0, 0.05) is 26.7 Å². The summed E-state index contributed by atoms with van der Waals surface area (Å²) in [5.41, 5.74) is 1.48. The molecule has 0 saturated carbocycles. The van der Waals surface area contributed by atoms with Gasteiger partial charge in [0.15, 0.2) is 0 Å². The van der Waals surface area contributed by atoms with Gasteiger partial charge in [-0.3, -0.25) is 9.48 Å². The first-order valence-electron chi connectivity index (χ1n) is 6.02. The fourth-order valence-electron chi connectivity index (χ4n) is 2.37. The van der Waals surface area contributed by atoms with E-state index in [-0.39, 0.29) is 18.4 Å². The number of hydrogen-bond acceptors (Lipinski definition) is 3. The van der Waals surface area contributed by atoms with Crippen molar-refractivity contribution in [3.8, 4) is 0 Å². The first-order chi connectivity index (χ1) is 8.11. The molecule has 5 nitrogen and oxygen atoms in total. The number of aromatic nitrogens is 2. The molecular formula is C12H19N3O2. The highest BCUT2D eigenvalue weighted by atomic mass is 16.3. The van der Waals surface area contributed by atoms with E-state index < -0.39 is 0 Å². The van der Waals surface area contributed by atoms with Crippen molar-refractivity contribution < 1.29 is 9.90 Å². The van der Waals surface area contributed by atoms with Crippen molar-refractivity contribution in [3.63, 3.8) is 0 Å². The Labute approximate surface area is 101 Å². The van der Waals surface area contributed by atoms with Crippen LogP contribution in [0.5, 0.6) is 0 Å². The largest absolute Gasteiger partial charge is 0.396 e. The molecule has 0 bridgehead atoms. The Hall–Kier alpha value is -1.36. The first-order valence-corrected chi connectivity index (χ1v) is 6.02. The summed E-state index contributed by atoms with van der Waals surface area (Å²) in [6, 6.07) is 1.81. The summed E-state index contributed by atoms with van der Waals surface area (Å²) >= 11 is 0. The van der Waals surface area contributed by atoms with Crippen LogP contribution < -0.4 is 0 Å². The maximum atomic E-state index is 12.3. The molecule has 1 amide bonds. The molecule has 1 aliphatic rings. The summed E-state index contributed by atoms with van der Waals surface area (Å²) < 4.78 is 1.63. The van der Waals surface area contributed by atoms with Crippen molar-refractivity contribution in [2.24, 2.45) is 13.0 Å². The molecule has 2 rings (SSSR count). The highest BCUT2D eigenvalue weighted by Gasteiger charge is 2.25. The van der Waals surface area contributed by atoms with Crippen LogP contribution in [-0.2, 0) is 7.05 Å². The highest BCUT2D eigenvalue weighted by molar-refractivity contribution is 5.92. The van der Waals surface area contributed by atoms with E-state index in [2.05, 4.69) is 5.10 Å². The highest BCUT2D eigenvalue weighted by Crippen LogP contribution is 2.18. The molecule has 5 heteroatoms. The number of carbonyl (C=O) groups excluding carboxylic acids is 1. The Morgan fingerprint density at radius 1 is 1.65 bits per heavy atom. The quantitative estimate of drug-likeness (QED) is 0.818. The molecule has 1 aliphatic heterocycles. The molecule has 0 aromatic carbocycles. The van der Waals surface area contributed by atoms with Gasteiger partial charge in [-0.25, -0.2) is 0 Å². The van der Waals surface area contributed by atoms with Crippen LogP contribution in [0.4, 0.5) is 0 Å². The number of rotatable bonds is 2. The molecule has 17 heavy (non-hydrogen) atoms. The summed E-state index contributed by atoms with van der Waals surface area (Å²) in [7, 11) is 1.79. The lowest BCUT2D eigenvalue weighted by Gasteiger charge is -2.31. The van der Waals surface area contributed by atoms with E-state index in [1.807, 2.05) is 17.9 Å². The van der Waals surface area contributed by atoms with Gasteiger partial charge >= 0.3 is 0 Å². The monoisotopic (exact) mass is 237 g/mol. The van der Waals surface area contributed by atoms with Crippen molar-refractivity contribution in [2.75, 3.05) is 19.7 Å². The van der Waals surface area contributed by atoms with Gasteiger partial charge in [0.1, 0.15) is 5.69 Å². The van der Waals surface area contributed by atoms with Crippen molar-refractivity contribution in [1.29, 1.82) is 0 Å². The average Bonchev–Trinajstić information content (AvgIpc) is 2.67. The molecule has 94 valence electrons. The summed E-state index contributed by atoms with van der Waals surface area (Å²) in [6.07, 6.45) is 1.97. The van der Waals surface area contributed by atoms with Gasteiger partial charge in [-0.2, -0.15) is 5.10 Å². The maximum Gasteiger partial charge on any atom is 0.272 e. The maximum absolute atomic E-state index is 12.3. The van der Waals surface area contributed by atoms with Crippen LogP contribution in [0, 0.1) is 12.8 Å². The molecule has 1 atom stereocenters. The van der Waals surface area contributed by atoms with Gasteiger partial charge in [-0.05, 0) is 31.7 Å². The molecule has 0 spiro atoms. The third kappa shape index (κ3) is 2.49. The second-order valence-electron chi connectivity index (χ2n) is 4.74. The third-order valence-electron chi connectivity index (χ3n) is 3.29. The Morgan fingerprint density at radius 2 is 2.41 bits per heavy atom. The van der Waals surface area contributed by atoms with Gasteiger partial charge in [0.2, 0.25) is 0 Å². The number of likely N-dealkylation sites (tertiary alicyclic amines) is 1. The number of aliphatic hydroxyl groups is 1. The Bertz CT molecular complexity index is 414. The standard InChI is InChI=1S/C12H19N3O2/c1-9-6-11(14(2)13-9)12(17)15-5-3-4-10(7-15)8-16/h6,10,16H,3-5,7-8H2,1-2H3. The summed E-state index contributed by atoms with van der Waals surface area (Å²) in [5, 5.41) is 13.4. The lowest BCUT2D eigenvalue weighted by atomic mass is 9.99. The fourth-order valence-corrected chi connectivity index (χ4v) is 2.37. The molecule has 0 radical (unpaired) electrons. The van der Waals surface area contributed by atoms with Crippen LogP contribution in [0.15, 0.2) is 6.07 Å². The smallest absolute Gasteiger partial charge is 0.272 e. The van der Waals surface area contributed by atoms with Crippen LogP contribution in [0.2, 0.25) is 0 Å². The SMILES string of the molecule is Cc1cc(C(=O)N2CCCC(CO)C2)n(C)n1. The number of aliphatic hydroxyl groups excluding tert-OH is 1. The lowest BCUT2D eigenvalue weighted by molar-refractivity contribution is 0.0610. The molecule has 2 heterocycles. The topological polar surface area (TPSA) is 58.4 Å². The van der Waals surface area contributed by atoms with Crippen LogP contribution in [0.1, 0.15) is 29.0 Å². The Morgan fingerprint density at radius 3 is 3.00 bits per heavy atom. The molecule has 1 aromatic heterocycles. The molecule has 1 aromatic rings. The van der Waals surface area contributed by atoms with Gasteiger partial charge in [-0.1, -0.05) is 0 Å². The Balaban J connectivity index is 2.12. The third-order valence-corrected chi connectivity index (χ3v) is 3.29. The second-order valence-corrected chi connectivity index (χ2v) is 4.74. The van der Waals surface area contributed by atoms with Crippen LogP contribution in [0.3, 0.4) is 0 Å². The first kappa shape index (κ1) is 12.1. The average molecular weight is 237 g/mol. The van der Waals surface area contributed by atoms with Gasteiger partial charge in [0.05, 0.1) is 5.69 Å².